The van der Waals surface area contributed by atoms with Gasteiger partial charge in [-0.05, 0) is 24.6 Å². The summed E-state index contributed by atoms with van der Waals surface area (Å²) in [6, 6.07) is 16.6. The van der Waals surface area contributed by atoms with E-state index in [1.807, 2.05) is 49.4 Å². The highest BCUT2D eigenvalue weighted by molar-refractivity contribution is 8.00. The molecule has 0 saturated carbocycles. The van der Waals surface area contributed by atoms with Crippen LogP contribution in [0, 0.1) is 6.92 Å². The van der Waals surface area contributed by atoms with Crippen molar-refractivity contribution < 1.29 is 9.90 Å². The predicted octanol–water partition coefficient (Wildman–Crippen LogP) is 2.52. The summed E-state index contributed by atoms with van der Waals surface area (Å²) in [5.41, 5.74) is 2.95. The second-order valence-corrected chi connectivity index (χ2v) is 5.92. The molecule has 3 aromatic rings. The standard InChI is InChI=1S/C17H14N2O2S/c1-11-16(19-14-10-6-5-9-13(14)18-11)22-15(17(20)21)12-7-3-2-4-8-12/h2-10,15H,1H3,(H,20,21)/p-1. The molecule has 0 amide bonds. The van der Waals surface area contributed by atoms with Crippen LogP contribution in [0.25, 0.3) is 11.0 Å². The van der Waals surface area contributed by atoms with Crippen molar-refractivity contribution in [2.75, 3.05) is 0 Å². The zero-order valence-corrected chi connectivity index (χ0v) is 12.7. The number of aromatic nitrogens is 2. The van der Waals surface area contributed by atoms with Gasteiger partial charge in [0.15, 0.2) is 0 Å². The Morgan fingerprint density at radius 3 is 2.23 bits per heavy atom. The van der Waals surface area contributed by atoms with Crippen LogP contribution < -0.4 is 5.11 Å². The number of rotatable bonds is 4. The van der Waals surface area contributed by atoms with Crippen LogP contribution in [0.4, 0.5) is 0 Å². The van der Waals surface area contributed by atoms with Crippen molar-refractivity contribution in [3.8, 4) is 0 Å². The zero-order valence-electron chi connectivity index (χ0n) is 11.9. The number of thioether (sulfide) groups is 1. The molecule has 1 atom stereocenters. The monoisotopic (exact) mass is 309 g/mol. The molecule has 0 aliphatic heterocycles. The number of hydrogen-bond acceptors (Lipinski definition) is 5. The van der Waals surface area contributed by atoms with Gasteiger partial charge in [0.25, 0.3) is 0 Å². The van der Waals surface area contributed by atoms with E-state index in [0.29, 0.717) is 16.3 Å². The molecule has 0 radical (unpaired) electrons. The molecule has 0 fully saturated rings. The van der Waals surface area contributed by atoms with Crippen LogP contribution in [0.2, 0.25) is 0 Å². The Morgan fingerprint density at radius 1 is 1.00 bits per heavy atom. The first-order valence-corrected chi connectivity index (χ1v) is 7.69. The highest BCUT2D eigenvalue weighted by Gasteiger charge is 2.17. The molecule has 0 aliphatic carbocycles. The number of aliphatic carboxylic acids is 1. The van der Waals surface area contributed by atoms with E-state index in [-0.39, 0.29) is 0 Å². The van der Waals surface area contributed by atoms with Crippen molar-refractivity contribution in [2.45, 2.75) is 17.2 Å². The molecule has 0 aliphatic rings. The minimum absolute atomic E-state index is 0.608. The Morgan fingerprint density at radius 2 is 1.59 bits per heavy atom. The van der Waals surface area contributed by atoms with Crippen molar-refractivity contribution in [1.82, 2.24) is 9.97 Å². The quantitative estimate of drug-likeness (QED) is 0.693. The fourth-order valence-electron chi connectivity index (χ4n) is 2.18. The Hall–Kier alpha value is -2.40. The van der Waals surface area contributed by atoms with Gasteiger partial charge < -0.3 is 9.90 Å². The summed E-state index contributed by atoms with van der Waals surface area (Å²) in [5, 5.41) is 11.3. The molecule has 0 saturated heterocycles. The molecule has 1 heterocycles. The molecule has 0 bridgehead atoms. The van der Waals surface area contributed by atoms with E-state index in [4.69, 9.17) is 0 Å². The highest BCUT2D eigenvalue weighted by Crippen LogP contribution is 2.35. The fourth-order valence-corrected chi connectivity index (χ4v) is 3.16. The summed E-state index contributed by atoms with van der Waals surface area (Å²) in [4.78, 5) is 20.5. The van der Waals surface area contributed by atoms with E-state index < -0.39 is 11.2 Å². The van der Waals surface area contributed by atoms with Crippen LogP contribution in [-0.4, -0.2) is 15.9 Å². The molecule has 1 unspecified atom stereocenters. The largest absolute Gasteiger partial charge is 0.549 e. The SMILES string of the molecule is Cc1nc2ccccc2nc1SC(C(=O)[O-])c1ccccc1. The van der Waals surface area contributed by atoms with Crippen LogP contribution in [0.1, 0.15) is 16.5 Å². The van der Waals surface area contributed by atoms with Crippen molar-refractivity contribution >= 4 is 28.8 Å². The van der Waals surface area contributed by atoms with E-state index in [1.165, 1.54) is 0 Å². The lowest BCUT2D eigenvalue weighted by atomic mass is 10.1. The van der Waals surface area contributed by atoms with Gasteiger partial charge in [-0.15, -0.1) is 0 Å². The zero-order chi connectivity index (χ0) is 15.5. The molecule has 3 rings (SSSR count). The van der Waals surface area contributed by atoms with E-state index in [2.05, 4.69) is 9.97 Å². The first-order valence-electron chi connectivity index (χ1n) is 6.81. The summed E-state index contributed by atoms with van der Waals surface area (Å²) in [7, 11) is 0. The summed E-state index contributed by atoms with van der Waals surface area (Å²) in [6.45, 7) is 1.83. The topological polar surface area (TPSA) is 65.9 Å². The number of carboxylic acids is 1. The van der Waals surface area contributed by atoms with Gasteiger partial charge in [0.2, 0.25) is 0 Å². The highest BCUT2D eigenvalue weighted by atomic mass is 32.2. The minimum atomic E-state index is -1.13. The van der Waals surface area contributed by atoms with Gasteiger partial charge in [-0.1, -0.05) is 54.2 Å². The van der Waals surface area contributed by atoms with Crippen molar-refractivity contribution in [2.24, 2.45) is 0 Å². The predicted molar refractivity (Wildman–Crippen MR) is 84.3 cm³/mol. The number of benzene rings is 2. The average molecular weight is 309 g/mol. The van der Waals surface area contributed by atoms with Crippen LogP contribution in [-0.2, 0) is 4.79 Å². The second-order valence-electron chi connectivity index (χ2n) is 4.83. The van der Waals surface area contributed by atoms with Crippen molar-refractivity contribution in [1.29, 1.82) is 0 Å². The lowest BCUT2D eigenvalue weighted by Gasteiger charge is -2.18. The number of carbonyl (C=O) groups excluding carboxylic acids is 1. The number of hydrogen-bond donors (Lipinski definition) is 0. The molecule has 110 valence electrons. The van der Waals surface area contributed by atoms with Crippen molar-refractivity contribution in [3.05, 3.63) is 65.9 Å². The molecule has 5 heteroatoms. The molecular weight excluding hydrogens is 296 g/mol. The smallest absolute Gasteiger partial charge is 0.119 e. The normalized spacial score (nSPS) is 12.2. The van der Waals surface area contributed by atoms with Gasteiger partial charge in [-0.25, -0.2) is 9.97 Å². The Bertz CT molecular complexity index is 821. The number of carboxylic acid groups (broad SMARTS) is 1. The van der Waals surface area contributed by atoms with Crippen LogP contribution in [0.3, 0.4) is 0 Å². The summed E-state index contributed by atoms with van der Waals surface area (Å²) in [6.07, 6.45) is 0. The van der Waals surface area contributed by atoms with Crippen molar-refractivity contribution in [3.63, 3.8) is 0 Å². The van der Waals surface area contributed by atoms with Gasteiger partial charge in [0, 0.05) is 0 Å². The molecule has 4 nitrogen and oxygen atoms in total. The van der Waals surface area contributed by atoms with E-state index in [1.54, 1.807) is 12.1 Å². The van der Waals surface area contributed by atoms with Gasteiger partial charge >= 0.3 is 0 Å². The molecule has 22 heavy (non-hydrogen) atoms. The molecule has 2 aromatic carbocycles. The molecular formula is C17H13N2O2S-. The third-order valence-corrected chi connectivity index (χ3v) is 4.56. The third-order valence-electron chi connectivity index (χ3n) is 3.25. The summed E-state index contributed by atoms with van der Waals surface area (Å²) >= 11 is 1.16. The van der Waals surface area contributed by atoms with Gasteiger partial charge in [-0.2, -0.15) is 0 Å². The van der Waals surface area contributed by atoms with E-state index in [9.17, 15) is 9.90 Å². The lowest BCUT2D eigenvalue weighted by Crippen LogP contribution is -2.28. The van der Waals surface area contributed by atoms with E-state index in [0.717, 1.165) is 22.8 Å². The average Bonchev–Trinajstić information content (AvgIpc) is 2.53. The second kappa shape index (κ2) is 6.15. The maximum absolute atomic E-state index is 11.5. The van der Waals surface area contributed by atoms with Crippen LogP contribution in [0.5, 0.6) is 0 Å². The van der Waals surface area contributed by atoms with Crippen LogP contribution >= 0.6 is 11.8 Å². The summed E-state index contributed by atoms with van der Waals surface area (Å²) < 4.78 is 0. The number of carbonyl (C=O) groups is 1. The third kappa shape index (κ3) is 2.94. The van der Waals surface area contributed by atoms with E-state index >= 15 is 0 Å². The Labute approximate surface area is 132 Å². The molecule has 0 N–H and O–H groups in total. The van der Waals surface area contributed by atoms with Gasteiger partial charge in [0.1, 0.15) is 5.03 Å². The maximum Gasteiger partial charge on any atom is 0.119 e. The Kier molecular flexibility index (Phi) is 4.06. The number of aryl methyl sites for hydroxylation is 1. The molecule has 1 aromatic heterocycles. The first kappa shape index (κ1) is 14.5. The maximum atomic E-state index is 11.5. The Balaban J connectivity index is 2.00. The number of fused-ring (bicyclic) bond motifs is 1. The lowest BCUT2D eigenvalue weighted by molar-refractivity contribution is -0.305. The van der Waals surface area contributed by atoms with Gasteiger partial charge in [-0.3, -0.25) is 0 Å². The number of nitrogens with zero attached hydrogens (tertiary/aromatic N) is 2. The summed E-state index contributed by atoms with van der Waals surface area (Å²) in [5.74, 6) is -1.13. The van der Waals surface area contributed by atoms with Gasteiger partial charge in [0.05, 0.1) is 27.9 Å². The van der Waals surface area contributed by atoms with Crippen LogP contribution in [0.15, 0.2) is 59.6 Å². The molecule has 0 spiro atoms. The minimum Gasteiger partial charge on any atom is -0.549 e. The first-order chi connectivity index (χ1) is 10.6. The number of para-hydroxylation sites is 2. The fraction of sp³-hybridized carbons (Fsp3) is 0.118.